The number of aryl methyl sites for hydroxylation is 1. The highest BCUT2D eigenvalue weighted by Crippen LogP contribution is 2.17. The summed E-state index contributed by atoms with van der Waals surface area (Å²) in [5.74, 6) is -0.434. The van der Waals surface area contributed by atoms with Crippen molar-refractivity contribution in [3.05, 3.63) is 34.9 Å². The number of carbonyl (C=O) groups is 1. The lowest BCUT2D eigenvalue weighted by molar-refractivity contribution is 0.0767. The summed E-state index contributed by atoms with van der Waals surface area (Å²) in [6.45, 7) is 3.73. The van der Waals surface area contributed by atoms with Crippen molar-refractivity contribution in [3.63, 3.8) is 0 Å². The summed E-state index contributed by atoms with van der Waals surface area (Å²) < 4.78 is 4.63. The van der Waals surface area contributed by atoms with E-state index in [4.69, 9.17) is 10.9 Å². The van der Waals surface area contributed by atoms with Crippen LogP contribution in [0.25, 0.3) is 0 Å². The third kappa shape index (κ3) is 2.95. The molecule has 0 amide bonds. The molecule has 0 aliphatic rings. The summed E-state index contributed by atoms with van der Waals surface area (Å²) in [5.41, 5.74) is 8.07. The maximum absolute atomic E-state index is 11.4. The van der Waals surface area contributed by atoms with E-state index < -0.39 is 5.97 Å². The molecule has 0 aliphatic heterocycles. The van der Waals surface area contributed by atoms with Crippen LogP contribution < -0.4 is 10.9 Å². The second-order valence-electron chi connectivity index (χ2n) is 3.33. The van der Waals surface area contributed by atoms with Crippen LogP contribution in [0.4, 0.5) is 0 Å². The molecule has 0 unspecified atom stereocenters. The normalized spacial score (nSPS) is 12.3. The zero-order chi connectivity index (χ0) is 11.4. The standard InChI is InChI=1S/C10H14N2O2S/c1-6-5-8(7(2)11)3-4-9(6)10(13)14-15-12/h3-5,7H,11-12H2,1-2H3/t7-/m1/s1. The second-order valence-corrected chi connectivity index (χ2v) is 3.69. The second kappa shape index (κ2) is 5.16. The minimum Gasteiger partial charge on any atom is -0.371 e. The molecule has 0 saturated heterocycles. The van der Waals surface area contributed by atoms with Gasteiger partial charge >= 0.3 is 5.97 Å². The number of rotatable bonds is 3. The van der Waals surface area contributed by atoms with Crippen LogP contribution in [-0.2, 0) is 4.18 Å². The predicted octanol–water partition coefficient (Wildman–Crippen LogP) is 1.69. The Morgan fingerprint density at radius 3 is 2.67 bits per heavy atom. The zero-order valence-electron chi connectivity index (χ0n) is 8.69. The summed E-state index contributed by atoms with van der Waals surface area (Å²) in [7, 11) is 0. The van der Waals surface area contributed by atoms with Crippen LogP contribution in [0.5, 0.6) is 0 Å². The fourth-order valence-electron chi connectivity index (χ4n) is 1.29. The molecule has 0 heterocycles. The maximum atomic E-state index is 11.4. The van der Waals surface area contributed by atoms with Crippen molar-refractivity contribution in [2.75, 3.05) is 0 Å². The van der Waals surface area contributed by atoms with Crippen molar-refractivity contribution in [2.45, 2.75) is 19.9 Å². The van der Waals surface area contributed by atoms with E-state index >= 15 is 0 Å². The highest BCUT2D eigenvalue weighted by Gasteiger charge is 2.11. The first kappa shape index (κ1) is 12.0. The maximum Gasteiger partial charge on any atom is 0.351 e. The lowest BCUT2D eigenvalue weighted by Gasteiger charge is -2.09. The minimum atomic E-state index is -0.434. The van der Waals surface area contributed by atoms with Crippen molar-refractivity contribution in [3.8, 4) is 0 Å². The fourth-order valence-corrected chi connectivity index (χ4v) is 1.46. The largest absolute Gasteiger partial charge is 0.371 e. The van der Waals surface area contributed by atoms with Gasteiger partial charge in [0.05, 0.1) is 5.56 Å². The van der Waals surface area contributed by atoms with E-state index in [-0.39, 0.29) is 6.04 Å². The Morgan fingerprint density at radius 1 is 1.53 bits per heavy atom. The number of hydrogen-bond donors (Lipinski definition) is 2. The molecule has 1 aromatic carbocycles. The first-order chi connectivity index (χ1) is 7.06. The van der Waals surface area contributed by atoms with Crippen LogP contribution in [0.2, 0.25) is 0 Å². The van der Waals surface area contributed by atoms with E-state index in [2.05, 4.69) is 4.18 Å². The van der Waals surface area contributed by atoms with Crippen LogP contribution in [0.1, 0.15) is 34.5 Å². The SMILES string of the molecule is Cc1cc([C@@H](C)N)ccc1C(=O)OSN. The van der Waals surface area contributed by atoms with Crippen LogP contribution in [0.3, 0.4) is 0 Å². The molecule has 1 aromatic rings. The molecule has 1 atom stereocenters. The van der Waals surface area contributed by atoms with Gasteiger partial charge in [-0.2, -0.15) is 0 Å². The van der Waals surface area contributed by atoms with E-state index in [0.29, 0.717) is 17.8 Å². The molecule has 1 rings (SSSR count). The lowest BCUT2D eigenvalue weighted by atomic mass is 10.0. The van der Waals surface area contributed by atoms with Crippen molar-refractivity contribution in [1.29, 1.82) is 0 Å². The third-order valence-electron chi connectivity index (χ3n) is 2.12. The summed E-state index contributed by atoms with van der Waals surface area (Å²) >= 11 is 0.550. The highest BCUT2D eigenvalue weighted by atomic mass is 32.2. The first-order valence-electron chi connectivity index (χ1n) is 4.50. The summed E-state index contributed by atoms with van der Waals surface area (Å²) in [6.07, 6.45) is 0. The minimum absolute atomic E-state index is 0.0438. The molecule has 0 radical (unpaired) electrons. The lowest BCUT2D eigenvalue weighted by Crippen LogP contribution is -2.08. The van der Waals surface area contributed by atoms with Crippen molar-refractivity contribution in [1.82, 2.24) is 0 Å². The van der Waals surface area contributed by atoms with Crippen LogP contribution >= 0.6 is 12.2 Å². The quantitative estimate of drug-likeness (QED) is 0.605. The molecule has 4 N–H and O–H groups in total. The topological polar surface area (TPSA) is 78.3 Å². The average Bonchev–Trinajstić information content (AvgIpc) is 2.17. The Bertz CT molecular complexity index is 366. The average molecular weight is 226 g/mol. The number of carbonyl (C=O) groups excluding carboxylic acids is 1. The molecule has 82 valence electrons. The van der Waals surface area contributed by atoms with E-state index in [1.54, 1.807) is 6.07 Å². The van der Waals surface area contributed by atoms with Gasteiger partial charge < -0.3 is 9.92 Å². The smallest absolute Gasteiger partial charge is 0.351 e. The molecule has 0 spiro atoms. The van der Waals surface area contributed by atoms with Crippen LogP contribution in [0, 0.1) is 6.92 Å². The number of benzene rings is 1. The third-order valence-corrected chi connectivity index (χ3v) is 2.37. The fraction of sp³-hybridized carbons (Fsp3) is 0.300. The van der Waals surface area contributed by atoms with Gasteiger partial charge in [-0.15, -0.1) is 0 Å². The Balaban J connectivity index is 2.98. The molecule has 0 aromatic heterocycles. The molecule has 4 nitrogen and oxygen atoms in total. The van der Waals surface area contributed by atoms with E-state index in [0.717, 1.165) is 11.1 Å². The highest BCUT2D eigenvalue weighted by molar-refractivity contribution is 7.92. The van der Waals surface area contributed by atoms with E-state index in [1.807, 2.05) is 26.0 Å². The molecule has 0 fully saturated rings. The monoisotopic (exact) mass is 226 g/mol. The van der Waals surface area contributed by atoms with Crippen LogP contribution in [0.15, 0.2) is 18.2 Å². The first-order valence-corrected chi connectivity index (χ1v) is 5.30. The van der Waals surface area contributed by atoms with Gasteiger partial charge in [0.15, 0.2) is 0 Å². The molecule has 0 bridgehead atoms. The van der Waals surface area contributed by atoms with Crippen molar-refractivity contribution < 1.29 is 8.98 Å². The van der Waals surface area contributed by atoms with Gasteiger partial charge in [-0.25, -0.2) is 9.93 Å². The van der Waals surface area contributed by atoms with Crippen molar-refractivity contribution >= 4 is 18.2 Å². The molecule has 0 saturated carbocycles. The summed E-state index contributed by atoms with van der Waals surface area (Å²) in [5, 5.41) is 5.05. The molecule has 15 heavy (non-hydrogen) atoms. The summed E-state index contributed by atoms with van der Waals surface area (Å²) in [6, 6.07) is 5.35. The van der Waals surface area contributed by atoms with Gasteiger partial charge in [0.25, 0.3) is 0 Å². The van der Waals surface area contributed by atoms with Crippen molar-refractivity contribution in [2.24, 2.45) is 10.9 Å². The van der Waals surface area contributed by atoms with Gasteiger partial charge in [-0.1, -0.05) is 12.1 Å². The van der Waals surface area contributed by atoms with E-state index in [1.165, 1.54) is 0 Å². The summed E-state index contributed by atoms with van der Waals surface area (Å²) in [4.78, 5) is 11.4. The number of hydrogen-bond acceptors (Lipinski definition) is 5. The molecular weight excluding hydrogens is 212 g/mol. The van der Waals surface area contributed by atoms with Gasteiger partial charge in [0, 0.05) is 6.04 Å². The molecule has 5 heteroatoms. The Kier molecular flexibility index (Phi) is 4.14. The molecule has 0 aliphatic carbocycles. The Morgan fingerprint density at radius 2 is 2.20 bits per heavy atom. The van der Waals surface area contributed by atoms with Gasteiger partial charge in [-0.05, 0) is 31.0 Å². The Labute approximate surface area is 93.3 Å². The van der Waals surface area contributed by atoms with Gasteiger partial charge in [-0.3, -0.25) is 0 Å². The molecular formula is C10H14N2O2S. The zero-order valence-corrected chi connectivity index (χ0v) is 9.51. The van der Waals surface area contributed by atoms with Gasteiger partial charge in [0.1, 0.15) is 12.2 Å². The van der Waals surface area contributed by atoms with Gasteiger partial charge in [0.2, 0.25) is 0 Å². The predicted molar refractivity (Wildman–Crippen MR) is 61.0 cm³/mol. The van der Waals surface area contributed by atoms with E-state index in [9.17, 15) is 4.79 Å². The Hall–Kier alpha value is -1.04. The van der Waals surface area contributed by atoms with Crippen LogP contribution in [-0.4, -0.2) is 5.97 Å². The number of nitrogens with two attached hydrogens (primary N) is 2.